The van der Waals surface area contributed by atoms with Gasteiger partial charge in [0.05, 0.1) is 0 Å². The Hall–Kier alpha value is 0.160. The van der Waals surface area contributed by atoms with Gasteiger partial charge in [0.25, 0.3) is 5.56 Å². The predicted octanol–water partition coefficient (Wildman–Crippen LogP) is 1.20. The zero-order valence-corrected chi connectivity index (χ0v) is 13.0. The molecule has 0 aliphatic rings. The zero-order chi connectivity index (χ0) is 10.9. The van der Waals surface area contributed by atoms with Gasteiger partial charge in [0.2, 0.25) is 0 Å². The third-order valence-corrected chi connectivity index (χ3v) is 3.21. The van der Waals surface area contributed by atoms with E-state index < -0.39 is 0 Å². The minimum atomic E-state index is -0.343. The smallest absolute Gasteiger partial charge is 0.310 e. The summed E-state index contributed by atoms with van der Waals surface area (Å²) in [6.07, 6.45) is 0.748. The summed E-state index contributed by atoms with van der Waals surface area (Å²) in [7, 11) is 0. The van der Waals surface area contributed by atoms with E-state index >= 15 is 0 Å². The molecule has 0 spiro atoms. The van der Waals surface area contributed by atoms with Crippen LogP contribution in [-0.4, -0.2) is 39.1 Å². The second-order valence-corrected chi connectivity index (χ2v) is 4.09. The van der Waals surface area contributed by atoms with Gasteiger partial charge >= 0.3 is 5.69 Å². The third kappa shape index (κ3) is 3.06. The fourth-order valence-corrected chi connectivity index (χ4v) is 1.51. The Bertz CT molecular complexity index is 452. The van der Waals surface area contributed by atoms with Crippen molar-refractivity contribution < 1.29 is 0 Å². The molecule has 15 heavy (non-hydrogen) atoms. The van der Waals surface area contributed by atoms with Crippen LogP contribution in [0.15, 0.2) is 14.1 Å². The Labute approximate surface area is 119 Å². The van der Waals surface area contributed by atoms with E-state index in [1.54, 1.807) is 6.92 Å². The minimum Gasteiger partial charge on any atom is -0.310 e. The van der Waals surface area contributed by atoms with E-state index in [0.29, 0.717) is 10.2 Å². The molecule has 0 aromatic carbocycles. The standard InChI is InChI=1S/C9H13BrN2O2.Na/c1-4-5(2)12-8(13)7(10)6(3)11-9(12)14;/h5H,4H2,1-3H3,(H,11,14);. The number of aromatic nitrogens is 2. The molecule has 1 N–H and O–H groups in total. The van der Waals surface area contributed by atoms with Crippen LogP contribution in [0.25, 0.3) is 0 Å². The van der Waals surface area contributed by atoms with Crippen molar-refractivity contribution in [3.8, 4) is 0 Å². The molecule has 1 rings (SSSR count). The molecule has 0 aliphatic carbocycles. The summed E-state index contributed by atoms with van der Waals surface area (Å²) in [4.78, 5) is 25.8. The van der Waals surface area contributed by atoms with Crippen LogP contribution in [0.2, 0.25) is 0 Å². The van der Waals surface area contributed by atoms with Crippen molar-refractivity contribution in [2.75, 3.05) is 0 Å². The van der Waals surface area contributed by atoms with Gasteiger partial charge in [-0.1, -0.05) is 6.92 Å². The SMILES string of the molecule is CCC(C)n1c(=O)[nH]c(C)c(Br)c1=O.[Na]. The molecule has 79 valence electrons. The Balaban J connectivity index is 0.00000196. The second-order valence-electron chi connectivity index (χ2n) is 3.30. The van der Waals surface area contributed by atoms with Gasteiger partial charge < -0.3 is 4.98 Å². The van der Waals surface area contributed by atoms with Crippen LogP contribution < -0.4 is 11.2 Å². The Morgan fingerprint density at radius 1 is 1.47 bits per heavy atom. The predicted molar refractivity (Wildman–Crippen MR) is 64.5 cm³/mol. The molecule has 0 saturated heterocycles. The van der Waals surface area contributed by atoms with Crippen LogP contribution in [0.3, 0.4) is 0 Å². The largest absolute Gasteiger partial charge is 0.328 e. The number of H-pyrrole nitrogens is 1. The maximum Gasteiger partial charge on any atom is 0.328 e. The number of rotatable bonds is 2. The zero-order valence-electron chi connectivity index (χ0n) is 9.43. The van der Waals surface area contributed by atoms with Crippen molar-refractivity contribution in [2.24, 2.45) is 0 Å². The Morgan fingerprint density at radius 3 is 2.47 bits per heavy atom. The van der Waals surface area contributed by atoms with Crippen molar-refractivity contribution in [1.29, 1.82) is 0 Å². The fourth-order valence-electron chi connectivity index (χ4n) is 1.22. The first-order chi connectivity index (χ1) is 6.49. The van der Waals surface area contributed by atoms with Crippen molar-refractivity contribution in [1.82, 2.24) is 9.55 Å². The van der Waals surface area contributed by atoms with Crippen LogP contribution >= 0.6 is 15.9 Å². The summed E-state index contributed by atoms with van der Waals surface area (Å²) >= 11 is 3.16. The Morgan fingerprint density at radius 2 is 2.00 bits per heavy atom. The molecular weight excluding hydrogens is 271 g/mol. The number of halogens is 1. The first kappa shape index (κ1) is 15.2. The van der Waals surface area contributed by atoms with E-state index in [-0.39, 0.29) is 46.8 Å². The molecule has 1 aromatic heterocycles. The Kier molecular flexibility index (Phi) is 6.10. The average molecular weight is 284 g/mol. The second kappa shape index (κ2) is 6.03. The molecule has 1 radical (unpaired) electrons. The molecule has 4 nitrogen and oxygen atoms in total. The van der Waals surface area contributed by atoms with Gasteiger partial charge in [-0.15, -0.1) is 0 Å². The summed E-state index contributed by atoms with van der Waals surface area (Å²) in [5.41, 5.74) is -0.0368. The van der Waals surface area contributed by atoms with Crippen LogP contribution in [0, 0.1) is 6.92 Å². The quantitative estimate of drug-likeness (QED) is 0.830. The van der Waals surface area contributed by atoms with Crippen molar-refractivity contribution in [3.63, 3.8) is 0 Å². The fraction of sp³-hybridized carbons (Fsp3) is 0.556. The minimum absolute atomic E-state index is 0. The maximum atomic E-state index is 11.7. The van der Waals surface area contributed by atoms with Gasteiger partial charge in [0.15, 0.2) is 0 Å². The maximum absolute atomic E-state index is 11.7. The molecule has 0 saturated carbocycles. The number of aromatic amines is 1. The summed E-state index contributed by atoms with van der Waals surface area (Å²) in [6, 6.07) is -0.0804. The molecule has 6 heteroatoms. The normalized spacial score (nSPS) is 12.0. The molecule has 0 bridgehead atoms. The number of aryl methyl sites for hydroxylation is 1. The van der Waals surface area contributed by atoms with Crippen LogP contribution in [0.4, 0.5) is 0 Å². The topological polar surface area (TPSA) is 54.9 Å². The monoisotopic (exact) mass is 283 g/mol. The summed E-state index contributed by atoms with van der Waals surface area (Å²) in [6.45, 7) is 5.47. The molecule has 1 atom stereocenters. The number of hydrogen-bond donors (Lipinski definition) is 1. The summed E-state index contributed by atoms with van der Waals surface area (Å²) in [5.74, 6) is 0. The van der Waals surface area contributed by atoms with E-state index in [1.165, 1.54) is 4.57 Å². The molecule has 1 aromatic rings. The van der Waals surface area contributed by atoms with E-state index in [4.69, 9.17) is 0 Å². The summed E-state index contributed by atoms with van der Waals surface area (Å²) in [5, 5.41) is 0. The number of nitrogens with one attached hydrogen (secondary N) is 1. The average Bonchev–Trinajstić information content (AvgIpc) is 2.14. The van der Waals surface area contributed by atoms with Crippen molar-refractivity contribution >= 4 is 45.5 Å². The van der Waals surface area contributed by atoms with Crippen LogP contribution in [-0.2, 0) is 0 Å². The first-order valence-electron chi connectivity index (χ1n) is 4.50. The van der Waals surface area contributed by atoms with Crippen molar-refractivity contribution in [3.05, 3.63) is 31.0 Å². The number of hydrogen-bond acceptors (Lipinski definition) is 2. The van der Waals surface area contributed by atoms with E-state index in [0.717, 1.165) is 6.42 Å². The molecule has 0 aliphatic heterocycles. The molecule has 1 unspecified atom stereocenters. The molecular formula is C9H13BrN2NaO2. The number of nitrogens with zero attached hydrogens (tertiary/aromatic N) is 1. The molecule has 0 fully saturated rings. The van der Waals surface area contributed by atoms with E-state index in [9.17, 15) is 9.59 Å². The van der Waals surface area contributed by atoms with Crippen molar-refractivity contribution in [2.45, 2.75) is 33.2 Å². The van der Waals surface area contributed by atoms with Gasteiger partial charge in [-0.05, 0) is 36.2 Å². The summed E-state index contributed by atoms with van der Waals surface area (Å²) < 4.78 is 1.66. The molecule has 1 heterocycles. The van der Waals surface area contributed by atoms with Crippen LogP contribution in [0.1, 0.15) is 32.0 Å². The first-order valence-corrected chi connectivity index (χ1v) is 5.29. The van der Waals surface area contributed by atoms with Gasteiger partial charge in [0, 0.05) is 41.3 Å². The van der Waals surface area contributed by atoms with Crippen LogP contribution in [0.5, 0.6) is 0 Å². The van der Waals surface area contributed by atoms with E-state index in [2.05, 4.69) is 20.9 Å². The molecule has 0 amide bonds. The van der Waals surface area contributed by atoms with Gasteiger partial charge in [-0.3, -0.25) is 9.36 Å². The van der Waals surface area contributed by atoms with Gasteiger partial charge in [-0.25, -0.2) is 4.79 Å². The third-order valence-electron chi connectivity index (χ3n) is 2.28. The van der Waals surface area contributed by atoms with Gasteiger partial charge in [-0.2, -0.15) is 0 Å². The van der Waals surface area contributed by atoms with E-state index in [1.807, 2.05) is 13.8 Å². The van der Waals surface area contributed by atoms with Gasteiger partial charge in [0.1, 0.15) is 4.47 Å².